The number of nitrogens with zero attached hydrogens (tertiary/aromatic N) is 1. The molecule has 0 unspecified atom stereocenters. The molecule has 0 saturated heterocycles. The maximum atomic E-state index is 13.6. The highest BCUT2D eigenvalue weighted by molar-refractivity contribution is 5.93. The topological polar surface area (TPSA) is 54.0 Å². The fourth-order valence-corrected chi connectivity index (χ4v) is 1.78. The molecule has 0 aliphatic carbocycles. The molecule has 0 radical (unpaired) electrons. The molecule has 4 nitrogen and oxygen atoms in total. The summed E-state index contributed by atoms with van der Waals surface area (Å²) in [4.78, 5) is 15.9. The fourth-order valence-electron chi connectivity index (χ4n) is 1.78. The number of pyridine rings is 1. The van der Waals surface area contributed by atoms with Crippen molar-refractivity contribution >= 4 is 17.3 Å². The Morgan fingerprint density at radius 1 is 1.23 bits per heavy atom. The molecular formula is C16H17F2N3O. The summed E-state index contributed by atoms with van der Waals surface area (Å²) in [6.07, 6.45) is 1.41. The van der Waals surface area contributed by atoms with Crippen molar-refractivity contribution in [2.24, 2.45) is 5.92 Å². The minimum Gasteiger partial charge on any atom is -0.351 e. The normalized spacial score (nSPS) is 10.6. The predicted molar refractivity (Wildman–Crippen MR) is 81.0 cm³/mol. The van der Waals surface area contributed by atoms with E-state index in [9.17, 15) is 13.6 Å². The van der Waals surface area contributed by atoms with Gasteiger partial charge in [-0.1, -0.05) is 19.9 Å². The molecule has 6 heteroatoms. The lowest BCUT2D eigenvalue weighted by molar-refractivity contribution is 0.0944. The van der Waals surface area contributed by atoms with E-state index >= 15 is 0 Å². The second kappa shape index (κ2) is 6.98. The molecule has 1 aromatic carbocycles. The zero-order chi connectivity index (χ0) is 16.1. The third-order valence-corrected chi connectivity index (χ3v) is 2.90. The van der Waals surface area contributed by atoms with Gasteiger partial charge in [-0.15, -0.1) is 0 Å². The molecule has 0 aliphatic heterocycles. The summed E-state index contributed by atoms with van der Waals surface area (Å²) in [5.74, 6) is -1.42. The van der Waals surface area contributed by atoms with Crippen molar-refractivity contribution in [2.75, 3.05) is 11.9 Å². The van der Waals surface area contributed by atoms with Crippen LogP contribution in [0.3, 0.4) is 0 Å². The Bertz CT molecular complexity index is 654. The number of rotatable bonds is 5. The largest absolute Gasteiger partial charge is 0.351 e. The van der Waals surface area contributed by atoms with E-state index < -0.39 is 11.6 Å². The summed E-state index contributed by atoms with van der Waals surface area (Å²) in [6, 6.07) is 6.57. The molecule has 0 saturated carbocycles. The summed E-state index contributed by atoms with van der Waals surface area (Å²) in [5.41, 5.74) is 0.304. The van der Waals surface area contributed by atoms with Gasteiger partial charge in [0, 0.05) is 18.4 Å². The summed E-state index contributed by atoms with van der Waals surface area (Å²) >= 11 is 0. The maximum absolute atomic E-state index is 13.6. The number of para-hydroxylation sites is 1. The van der Waals surface area contributed by atoms with Gasteiger partial charge in [0.2, 0.25) is 0 Å². The van der Waals surface area contributed by atoms with Gasteiger partial charge in [-0.05, 0) is 30.2 Å². The van der Waals surface area contributed by atoms with Gasteiger partial charge in [-0.2, -0.15) is 0 Å². The summed E-state index contributed by atoms with van der Waals surface area (Å²) in [5, 5.41) is 5.37. The first-order valence-electron chi connectivity index (χ1n) is 6.92. The second-order valence-corrected chi connectivity index (χ2v) is 5.26. The van der Waals surface area contributed by atoms with Crippen molar-refractivity contribution in [1.29, 1.82) is 0 Å². The smallest absolute Gasteiger partial charge is 0.269 e. The van der Waals surface area contributed by atoms with Crippen LogP contribution in [0.25, 0.3) is 0 Å². The molecule has 2 N–H and O–H groups in total. The summed E-state index contributed by atoms with van der Waals surface area (Å²) < 4.78 is 27.2. The molecule has 0 aliphatic rings. The molecule has 1 amide bonds. The summed E-state index contributed by atoms with van der Waals surface area (Å²) in [6.45, 7) is 4.49. The Kier molecular flexibility index (Phi) is 5.04. The molecular weight excluding hydrogens is 288 g/mol. The van der Waals surface area contributed by atoms with Crippen LogP contribution >= 0.6 is 0 Å². The third kappa shape index (κ3) is 4.00. The highest BCUT2D eigenvalue weighted by Gasteiger charge is 2.11. The van der Waals surface area contributed by atoms with Crippen molar-refractivity contribution in [3.8, 4) is 0 Å². The fraction of sp³-hybridized carbons (Fsp3) is 0.250. The number of carbonyl (C=O) groups is 1. The minimum absolute atomic E-state index is 0.183. The molecule has 0 spiro atoms. The average molecular weight is 305 g/mol. The first kappa shape index (κ1) is 15.9. The molecule has 0 atom stereocenters. The van der Waals surface area contributed by atoms with Crippen LogP contribution in [0.1, 0.15) is 24.3 Å². The summed E-state index contributed by atoms with van der Waals surface area (Å²) in [7, 11) is 0. The van der Waals surface area contributed by atoms with E-state index in [0.717, 1.165) is 12.1 Å². The van der Waals surface area contributed by atoms with Crippen LogP contribution in [0.4, 0.5) is 20.2 Å². The van der Waals surface area contributed by atoms with Gasteiger partial charge in [-0.25, -0.2) is 8.78 Å². The van der Waals surface area contributed by atoms with Crippen molar-refractivity contribution in [2.45, 2.75) is 13.8 Å². The molecule has 0 bridgehead atoms. The monoisotopic (exact) mass is 305 g/mol. The first-order chi connectivity index (χ1) is 10.5. The number of hydrogen-bond acceptors (Lipinski definition) is 3. The molecule has 116 valence electrons. The predicted octanol–water partition coefficient (Wildman–Crippen LogP) is 3.49. The van der Waals surface area contributed by atoms with E-state index in [4.69, 9.17) is 0 Å². The van der Waals surface area contributed by atoms with Gasteiger partial charge in [0.05, 0.1) is 0 Å². The second-order valence-electron chi connectivity index (χ2n) is 5.26. The van der Waals surface area contributed by atoms with Crippen LogP contribution in [0, 0.1) is 17.6 Å². The average Bonchev–Trinajstić information content (AvgIpc) is 2.49. The van der Waals surface area contributed by atoms with E-state index in [1.807, 2.05) is 13.8 Å². The lowest BCUT2D eigenvalue weighted by Crippen LogP contribution is -2.28. The number of nitrogens with one attached hydrogen (secondary N) is 2. The van der Waals surface area contributed by atoms with E-state index in [-0.39, 0.29) is 17.3 Å². The van der Waals surface area contributed by atoms with Crippen molar-refractivity contribution < 1.29 is 13.6 Å². The zero-order valence-electron chi connectivity index (χ0n) is 12.4. The zero-order valence-corrected chi connectivity index (χ0v) is 12.4. The van der Waals surface area contributed by atoms with E-state index in [1.165, 1.54) is 24.4 Å². The lowest BCUT2D eigenvalue weighted by atomic mass is 10.2. The maximum Gasteiger partial charge on any atom is 0.269 e. The number of amides is 1. The number of anilines is 2. The molecule has 0 fully saturated rings. The molecule has 1 aromatic heterocycles. The minimum atomic E-state index is -0.706. The SMILES string of the molecule is CC(C)CNC(=O)c1cc(Nc2c(F)cccc2F)ccn1. The van der Waals surface area contributed by atoms with Crippen molar-refractivity contribution in [3.05, 3.63) is 53.9 Å². The highest BCUT2D eigenvalue weighted by Crippen LogP contribution is 2.23. The number of carbonyl (C=O) groups excluding carboxylic acids is 1. The van der Waals surface area contributed by atoms with Gasteiger partial charge in [0.1, 0.15) is 23.0 Å². The van der Waals surface area contributed by atoms with Crippen LogP contribution in [0.2, 0.25) is 0 Å². The van der Waals surface area contributed by atoms with E-state index in [1.54, 1.807) is 0 Å². The standard InChI is InChI=1S/C16H17F2N3O/c1-10(2)9-20-16(22)14-8-11(6-7-19-14)21-15-12(17)4-3-5-13(15)18/h3-8,10H,9H2,1-2H3,(H,19,21)(H,20,22). The van der Waals surface area contributed by atoms with Crippen LogP contribution in [0.15, 0.2) is 36.5 Å². The Hall–Kier alpha value is -2.50. The number of benzene rings is 1. The van der Waals surface area contributed by atoms with Gasteiger partial charge >= 0.3 is 0 Å². The molecule has 22 heavy (non-hydrogen) atoms. The molecule has 1 heterocycles. The Balaban J connectivity index is 2.17. The van der Waals surface area contributed by atoms with Crippen LogP contribution < -0.4 is 10.6 Å². The quantitative estimate of drug-likeness (QED) is 0.889. The van der Waals surface area contributed by atoms with Crippen molar-refractivity contribution in [1.82, 2.24) is 10.3 Å². The highest BCUT2D eigenvalue weighted by atomic mass is 19.1. The van der Waals surface area contributed by atoms with Gasteiger partial charge in [-0.3, -0.25) is 9.78 Å². The molecule has 2 aromatic rings. The lowest BCUT2D eigenvalue weighted by Gasteiger charge is -2.10. The van der Waals surface area contributed by atoms with Crippen LogP contribution in [0.5, 0.6) is 0 Å². The van der Waals surface area contributed by atoms with Crippen molar-refractivity contribution in [3.63, 3.8) is 0 Å². The first-order valence-corrected chi connectivity index (χ1v) is 6.92. The van der Waals surface area contributed by atoms with Crippen LogP contribution in [-0.4, -0.2) is 17.4 Å². The van der Waals surface area contributed by atoms with Gasteiger partial charge in [0.25, 0.3) is 5.91 Å². The van der Waals surface area contributed by atoms with E-state index in [0.29, 0.717) is 18.2 Å². The van der Waals surface area contributed by atoms with Gasteiger partial charge < -0.3 is 10.6 Å². The number of hydrogen-bond donors (Lipinski definition) is 2. The van der Waals surface area contributed by atoms with Crippen LogP contribution in [-0.2, 0) is 0 Å². The Morgan fingerprint density at radius 3 is 2.55 bits per heavy atom. The third-order valence-electron chi connectivity index (χ3n) is 2.90. The molecule has 2 rings (SSSR count). The number of aromatic nitrogens is 1. The van der Waals surface area contributed by atoms with E-state index in [2.05, 4.69) is 15.6 Å². The Labute approximate surface area is 127 Å². The Morgan fingerprint density at radius 2 is 1.91 bits per heavy atom. The van der Waals surface area contributed by atoms with Gasteiger partial charge in [0.15, 0.2) is 0 Å². The number of halogens is 2.